The van der Waals surface area contributed by atoms with Gasteiger partial charge in [-0.3, -0.25) is 4.79 Å². The van der Waals surface area contributed by atoms with Crippen molar-refractivity contribution in [2.24, 2.45) is 11.8 Å². The number of anilines is 2. The van der Waals surface area contributed by atoms with Gasteiger partial charge >= 0.3 is 6.18 Å². The van der Waals surface area contributed by atoms with Crippen molar-refractivity contribution in [3.63, 3.8) is 0 Å². The Morgan fingerprint density at radius 3 is 2.03 bits per heavy atom. The lowest BCUT2D eigenvalue weighted by molar-refractivity contribution is -0.140. The van der Waals surface area contributed by atoms with E-state index in [1.54, 1.807) is 0 Å². The lowest BCUT2D eigenvalue weighted by atomic mass is 9.71. The topological polar surface area (TPSA) is 53.2 Å². The van der Waals surface area contributed by atoms with Gasteiger partial charge in [-0.2, -0.15) is 13.2 Å². The molecule has 0 radical (unpaired) electrons. The van der Waals surface area contributed by atoms with Crippen LogP contribution in [0.15, 0.2) is 42.5 Å². The zero-order valence-electron chi connectivity index (χ0n) is 20.3. The molecule has 4 nitrogen and oxygen atoms in total. The van der Waals surface area contributed by atoms with E-state index in [1.807, 2.05) is 24.3 Å². The van der Waals surface area contributed by atoms with E-state index in [9.17, 15) is 22.4 Å². The summed E-state index contributed by atoms with van der Waals surface area (Å²) in [5.74, 6) is -2.10. The molecule has 2 saturated carbocycles. The molecule has 8 heteroatoms. The van der Waals surface area contributed by atoms with Crippen LogP contribution in [0, 0.1) is 17.7 Å². The number of rotatable bonds is 5. The van der Waals surface area contributed by atoms with Gasteiger partial charge in [0.15, 0.2) is 0 Å². The number of hydrogen-bond donors (Lipinski definition) is 3. The lowest BCUT2D eigenvalue weighted by Crippen LogP contribution is -2.57. The van der Waals surface area contributed by atoms with Crippen molar-refractivity contribution in [2.45, 2.75) is 82.1 Å². The molecule has 0 saturated heterocycles. The summed E-state index contributed by atoms with van der Waals surface area (Å²) in [5.41, 5.74) is -0.806. The molecule has 2 aliphatic carbocycles. The highest BCUT2D eigenvalue weighted by atomic mass is 19.4. The molecule has 2 aromatic carbocycles. The summed E-state index contributed by atoms with van der Waals surface area (Å²) in [7, 11) is 0. The average Bonchev–Trinajstić information content (AvgIpc) is 3.25. The van der Waals surface area contributed by atoms with E-state index < -0.39 is 29.1 Å². The number of halogens is 4. The van der Waals surface area contributed by atoms with Gasteiger partial charge in [-0.25, -0.2) is 4.39 Å². The van der Waals surface area contributed by atoms with Gasteiger partial charge in [0.2, 0.25) is 5.91 Å². The van der Waals surface area contributed by atoms with Crippen LogP contribution in [0.5, 0.6) is 0 Å². The first-order valence-corrected chi connectivity index (χ1v) is 13.1. The van der Waals surface area contributed by atoms with Crippen molar-refractivity contribution in [1.82, 2.24) is 5.32 Å². The number of alkyl halides is 3. The number of fused-ring (bicyclic) bond motifs is 1. The Balaban J connectivity index is 1.60. The van der Waals surface area contributed by atoms with Crippen LogP contribution >= 0.6 is 0 Å². The Labute approximate surface area is 209 Å². The Morgan fingerprint density at radius 1 is 0.889 bits per heavy atom. The highest BCUT2D eigenvalue weighted by Crippen LogP contribution is 2.49. The average molecular weight is 504 g/mol. The molecule has 36 heavy (non-hydrogen) atoms. The third kappa shape index (κ3) is 4.78. The molecular formula is C28H33F4N3O. The van der Waals surface area contributed by atoms with Crippen LogP contribution in [0.2, 0.25) is 0 Å². The molecular weight excluding hydrogens is 470 g/mol. The van der Waals surface area contributed by atoms with Crippen molar-refractivity contribution in [2.75, 3.05) is 10.6 Å². The Morgan fingerprint density at radius 2 is 1.47 bits per heavy atom. The predicted octanol–water partition coefficient (Wildman–Crippen LogP) is 7.18. The van der Waals surface area contributed by atoms with Crippen molar-refractivity contribution < 1.29 is 22.4 Å². The summed E-state index contributed by atoms with van der Waals surface area (Å²) in [6.07, 6.45) is 5.09. The molecule has 1 amide bonds. The van der Waals surface area contributed by atoms with Crippen LogP contribution < -0.4 is 16.0 Å². The lowest BCUT2D eigenvalue weighted by Gasteiger charge is -2.44. The summed E-state index contributed by atoms with van der Waals surface area (Å²) in [6.45, 7) is 0. The minimum absolute atomic E-state index is 0.00186. The third-order valence-electron chi connectivity index (χ3n) is 8.14. The molecule has 5 rings (SSSR count). The maximum Gasteiger partial charge on any atom is 0.419 e. The van der Waals surface area contributed by atoms with Crippen LogP contribution in [0.1, 0.15) is 75.3 Å². The minimum Gasteiger partial charge on any atom is -0.357 e. The SMILES string of the molecule is O=C(NC1CCCCC1)C(C1CCCCC1)C1(c2ccc(C(F)(F)F)c(F)c2)Nc2ccccc2N1. The second-order valence-corrected chi connectivity index (χ2v) is 10.5. The van der Waals surface area contributed by atoms with Crippen molar-refractivity contribution in [3.8, 4) is 0 Å². The smallest absolute Gasteiger partial charge is 0.357 e. The fourth-order valence-electron chi connectivity index (χ4n) is 6.40. The molecule has 0 aromatic heterocycles. The number of para-hydroxylation sites is 2. The molecule has 2 fully saturated rings. The quantitative estimate of drug-likeness (QED) is 0.379. The molecule has 0 bridgehead atoms. The molecule has 3 aliphatic rings. The summed E-state index contributed by atoms with van der Waals surface area (Å²) >= 11 is 0. The molecule has 1 atom stereocenters. The van der Waals surface area contributed by atoms with Gasteiger partial charge < -0.3 is 16.0 Å². The highest BCUT2D eigenvalue weighted by Gasteiger charge is 2.52. The minimum atomic E-state index is -4.80. The largest absolute Gasteiger partial charge is 0.419 e. The molecule has 1 aliphatic heterocycles. The fraction of sp³-hybridized carbons (Fsp3) is 0.536. The number of nitrogens with one attached hydrogen (secondary N) is 3. The molecule has 2 aromatic rings. The Bertz CT molecular complexity index is 1070. The first-order valence-electron chi connectivity index (χ1n) is 13.1. The maximum atomic E-state index is 14.9. The first-order chi connectivity index (χ1) is 17.3. The van der Waals surface area contributed by atoms with Gasteiger partial charge in [-0.15, -0.1) is 0 Å². The van der Waals surface area contributed by atoms with E-state index in [2.05, 4.69) is 16.0 Å². The summed E-state index contributed by atoms with van der Waals surface area (Å²) < 4.78 is 55.0. The van der Waals surface area contributed by atoms with E-state index >= 15 is 0 Å². The summed E-state index contributed by atoms with van der Waals surface area (Å²) in [4.78, 5) is 14.1. The van der Waals surface area contributed by atoms with E-state index in [0.29, 0.717) is 5.56 Å². The monoisotopic (exact) mass is 503 g/mol. The molecule has 3 N–H and O–H groups in total. The third-order valence-corrected chi connectivity index (χ3v) is 8.14. The van der Waals surface area contributed by atoms with E-state index in [0.717, 1.165) is 87.7 Å². The number of amides is 1. The van der Waals surface area contributed by atoms with Gasteiger partial charge in [0.1, 0.15) is 11.5 Å². The van der Waals surface area contributed by atoms with Crippen LogP contribution in [-0.4, -0.2) is 11.9 Å². The van der Waals surface area contributed by atoms with Crippen molar-refractivity contribution in [3.05, 3.63) is 59.4 Å². The number of hydrogen-bond acceptors (Lipinski definition) is 3. The highest BCUT2D eigenvalue weighted by molar-refractivity contribution is 5.86. The van der Waals surface area contributed by atoms with E-state index in [1.165, 1.54) is 6.07 Å². The summed E-state index contributed by atoms with van der Waals surface area (Å²) in [6, 6.07) is 10.6. The van der Waals surface area contributed by atoms with Gasteiger partial charge in [0.05, 0.1) is 22.9 Å². The van der Waals surface area contributed by atoms with Crippen LogP contribution in [-0.2, 0) is 16.6 Å². The van der Waals surface area contributed by atoms with Crippen LogP contribution in [0.25, 0.3) is 0 Å². The van der Waals surface area contributed by atoms with Gasteiger partial charge in [0, 0.05) is 11.6 Å². The first kappa shape index (κ1) is 24.9. The van der Waals surface area contributed by atoms with Gasteiger partial charge in [0.25, 0.3) is 0 Å². The standard InChI is InChI=1S/C28H33F4N3O/c29-22-17-19(15-16-21(22)28(30,31)32)27(34-23-13-7-8-14-24(23)35-27)25(18-9-3-1-4-10-18)26(36)33-20-11-5-2-6-12-20/h7-8,13-18,20,25,34-35H,1-6,9-12H2,(H,33,36). The Hall–Kier alpha value is -2.77. The zero-order chi connectivity index (χ0) is 25.3. The van der Waals surface area contributed by atoms with Crippen molar-refractivity contribution in [1.29, 1.82) is 0 Å². The van der Waals surface area contributed by atoms with E-state index in [4.69, 9.17) is 0 Å². The molecule has 194 valence electrons. The van der Waals surface area contributed by atoms with E-state index in [-0.39, 0.29) is 17.9 Å². The maximum absolute atomic E-state index is 14.9. The second-order valence-electron chi connectivity index (χ2n) is 10.5. The molecule has 0 spiro atoms. The number of carbonyl (C=O) groups is 1. The summed E-state index contributed by atoms with van der Waals surface area (Å²) in [5, 5.41) is 10.2. The second kappa shape index (κ2) is 9.94. The molecule has 1 unspecified atom stereocenters. The normalized spacial score (nSPS) is 21.2. The van der Waals surface area contributed by atoms with Crippen molar-refractivity contribution >= 4 is 17.3 Å². The zero-order valence-corrected chi connectivity index (χ0v) is 20.3. The predicted molar refractivity (Wildman–Crippen MR) is 132 cm³/mol. The van der Waals surface area contributed by atoms with Crippen LogP contribution in [0.4, 0.5) is 28.9 Å². The Kier molecular flexibility index (Phi) is 6.88. The molecule has 1 heterocycles. The van der Waals surface area contributed by atoms with Gasteiger partial charge in [-0.05, 0) is 55.9 Å². The van der Waals surface area contributed by atoms with Gasteiger partial charge in [-0.1, -0.05) is 56.7 Å². The number of carbonyl (C=O) groups excluding carboxylic acids is 1. The number of benzene rings is 2. The fourth-order valence-corrected chi connectivity index (χ4v) is 6.40. The van der Waals surface area contributed by atoms with Crippen LogP contribution in [0.3, 0.4) is 0 Å².